The van der Waals surface area contributed by atoms with E-state index in [1.165, 1.54) is 9.21 Å². The Balaban J connectivity index is 2.25. The molecular formula is C16H21N3O3S. The zero-order valence-corrected chi connectivity index (χ0v) is 14.0. The summed E-state index contributed by atoms with van der Waals surface area (Å²) in [6, 6.07) is 9.51. The van der Waals surface area contributed by atoms with E-state index in [1.807, 2.05) is 6.07 Å². The summed E-state index contributed by atoms with van der Waals surface area (Å²) in [6.07, 6.45) is 2.32. The molecule has 1 unspecified atom stereocenters. The first kappa shape index (κ1) is 17.4. The molecule has 2 rings (SSSR count). The van der Waals surface area contributed by atoms with Crippen LogP contribution in [0.5, 0.6) is 0 Å². The van der Waals surface area contributed by atoms with Crippen LogP contribution in [0.3, 0.4) is 0 Å². The number of nitriles is 1. The molecule has 124 valence electrons. The number of sulfonamides is 1. The monoisotopic (exact) mass is 335 g/mol. The predicted molar refractivity (Wildman–Crippen MR) is 85.8 cm³/mol. The summed E-state index contributed by atoms with van der Waals surface area (Å²) >= 11 is 0. The summed E-state index contributed by atoms with van der Waals surface area (Å²) in [5, 5.41) is 8.64. The molecule has 0 bridgehead atoms. The number of likely N-dealkylation sites (N-methyl/N-ethyl adjacent to an activating group) is 1. The van der Waals surface area contributed by atoms with E-state index in [4.69, 9.17) is 5.26 Å². The van der Waals surface area contributed by atoms with Gasteiger partial charge in [0.2, 0.25) is 15.9 Å². The van der Waals surface area contributed by atoms with Gasteiger partial charge in [-0.2, -0.15) is 9.57 Å². The molecule has 0 N–H and O–H groups in total. The minimum atomic E-state index is -3.69. The summed E-state index contributed by atoms with van der Waals surface area (Å²) < 4.78 is 27.0. The molecule has 1 atom stereocenters. The fourth-order valence-electron chi connectivity index (χ4n) is 2.75. The van der Waals surface area contributed by atoms with Gasteiger partial charge >= 0.3 is 0 Å². The van der Waals surface area contributed by atoms with Gasteiger partial charge in [0.1, 0.15) is 6.04 Å². The topological polar surface area (TPSA) is 81.5 Å². The van der Waals surface area contributed by atoms with E-state index >= 15 is 0 Å². The normalized spacial score (nSPS) is 19.0. The first-order valence-electron chi connectivity index (χ1n) is 7.67. The van der Waals surface area contributed by atoms with Crippen LogP contribution in [0.25, 0.3) is 0 Å². The van der Waals surface area contributed by atoms with Crippen LogP contribution in [-0.4, -0.2) is 49.7 Å². The van der Waals surface area contributed by atoms with Crippen molar-refractivity contribution in [3.63, 3.8) is 0 Å². The van der Waals surface area contributed by atoms with Gasteiger partial charge in [-0.25, -0.2) is 8.42 Å². The lowest BCUT2D eigenvalue weighted by atomic mass is 10.0. The second-order valence-corrected chi connectivity index (χ2v) is 7.50. The molecule has 1 fully saturated rings. The molecule has 6 nitrogen and oxygen atoms in total. The van der Waals surface area contributed by atoms with Crippen LogP contribution in [0.4, 0.5) is 0 Å². The van der Waals surface area contributed by atoms with Gasteiger partial charge in [0.15, 0.2) is 0 Å². The van der Waals surface area contributed by atoms with Crippen LogP contribution in [-0.2, 0) is 14.8 Å². The summed E-state index contributed by atoms with van der Waals surface area (Å²) in [4.78, 5) is 14.3. The Hall–Kier alpha value is -1.91. The third kappa shape index (κ3) is 3.89. The molecule has 1 aromatic carbocycles. The van der Waals surface area contributed by atoms with Crippen molar-refractivity contribution in [3.05, 3.63) is 30.3 Å². The lowest BCUT2D eigenvalue weighted by Crippen LogP contribution is -2.52. The zero-order valence-electron chi connectivity index (χ0n) is 13.2. The lowest BCUT2D eigenvalue weighted by molar-refractivity contribution is -0.134. The van der Waals surface area contributed by atoms with E-state index in [1.54, 1.807) is 37.4 Å². The van der Waals surface area contributed by atoms with Crippen molar-refractivity contribution in [1.82, 2.24) is 9.21 Å². The third-order valence-corrected chi connectivity index (χ3v) is 5.95. The van der Waals surface area contributed by atoms with Crippen LogP contribution >= 0.6 is 0 Å². The molecule has 0 aliphatic carbocycles. The Morgan fingerprint density at radius 1 is 1.35 bits per heavy atom. The molecule has 0 saturated carbocycles. The maximum atomic E-state index is 12.8. The molecule has 0 spiro atoms. The average Bonchev–Trinajstić information content (AvgIpc) is 2.59. The first-order valence-corrected chi connectivity index (χ1v) is 9.11. The zero-order chi connectivity index (χ0) is 16.9. The number of nitrogens with zero attached hydrogens (tertiary/aromatic N) is 3. The van der Waals surface area contributed by atoms with Crippen molar-refractivity contribution in [2.45, 2.75) is 36.6 Å². The molecule has 1 amide bonds. The van der Waals surface area contributed by atoms with E-state index in [-0.39, 0.29) is 17.2 Å². The minimum absolute atomic E-state index is 0.208. The van der Waals surface area contributed by atoms with Gasteiger partial charge in [0.05, 0.1) is 17.4 Å². The molecule has 1 aliphatic rings. The lowest BCUT2D eigenvalue weighted by Gasteiger charge is -2.35. The molecular weight excluding hydrogens is 314 g/mol. The standard InChI is InChI=1S/C16H21N3O3S/c1-18(12-7-11-17)16(20)15-10-5-6-13-19(15)23(21,22)14-8-3-2-4-9-14/h2-4,8-9,15H,5-7,10,12-13H2,1H3. The molecule has 1 aromatic rings. The number of amides is 1. The van der Waals surface area contributed by atoms with Gasteiger partial charge in [-0.3, -0.25) is 4.79 Å². The van der Waals surface area contributed by atoms with E-state index < -0.39 is 16.1 Å². The van der Waals surface area contributed by atoms with Crippen LogP contribution in [0, 0.1) is 11.3 Å². The Morgan fingerprint density at radius 2 is 2.04 bits per heavy atom. The van der Waals surface area contributed by atoms with Gasteiger partial charge in [-0.15, -0.1) is 0 Å². The SMILES string of the molecule is CN(CCC#N)C(=O)C1CCCCN1S(=O)(=O)c1ccccc1. The number of rotatable bonds is 5. The molecule has 1 heterocycles. The number of carbonyl (C=O) groups is 1. The fraction of sp³-hybridized carbons (Fsp3) is 0.500. The summed E-state index contributed by atoms with van der Waals surface area (Å²) in [5.74, 6) is -0.237. The minimum Gasteiger partial charge on any atom is -0.343 e. The van der Waals surface area contributed by atoms with E-state index in [0.717, 1.165) is 12.8 Å². The maximum Gasteiger partial charge on any atom is 0.243 e. The highest BCUT2D eigenvalue weighted by Crippen LogP contribution is 2.26. The quantitative estimate of drug-likeness (QED) is 0.818. The summed E-state index contributed by atoms with van der Waals surface area (Å²) in [6.45, 7) is 0.658. The Labute approximate surface area is 137 Å². The largest absolute Gasteiger partial charge is 0.343 e. The highest BCUT2D eigenvalue weighted by atomic mass is 32.2. The number of benzene rings is 1. The Morgan fingerprint density at radius 3 is 2.70 bits per heavy atom. The van der Waals surface area contributed by atoms with Gasteiger partial charge in [0.25, 0.3) is 0 Å². The van der Waals surface area contributed by atoms with Gasteiger partial charge in [-0.1, -0.05) is 24.6 Å². The van der Waals surface area contributed by atoms with E-state index in [9.17, 15) is 13.2 Å². The van der Waals surface area contributed by atoms with Crippen LogP contribution in [0.2, 0.25) is 0 Å². The van der Waals surface area contributed by atoms with Gasteiger partial charge in [-0.05, 0) is 25.0 Å². The molecule has 1 aliphatic heterocycles. The maximum absolute atomic E-state index is 12.8. The first-order chi connectivity index (χ1) is 11.0. The van der Waals surface area contributed by atoms with Crippen LogP contribution in [0.15, 0.2) is 35.2 Å². The molecule has 1 saturated heterocycles. The molecule has 7 heteroatoms. The van der Waals surface area contributed by atoms with Gasteiger partial charge in [0, 0.05) is 20.1 Å². The van der Waals surface area contributed by atoms with Crippen LogP contribution < -0.4 is 0 Å². The van der Waals surface area contributed by atoms with E-state index in [0.29, 0.717) is 19.5 Å². The highest BCUT2D eigenvalue weighted by molar-refractivity contribution is 7.89. The van der Waals surface area contributed by atoms with Crippen molar-refractivity contribution in [2.75, 3.05) is 20.1 Å². The van der Waals surface area contributed by atoms with Crippen molar-refractivity contribution < 1.29 is 13.2 Å². The number of piperidine rings is 1. The van der Waals surface area contributed by atoms with E-state index in [2.05, 4.69) is 0 Å². The number of hydrogen-bond acceptors (Lipinski definition) is 4. The average molecular weight is 335 g/mol. The Kier molecular flexibility index (Phi) is 5.74. The molecule has 0 radical (unpaired) electrons. The van der Waals surface area contributed by atoms with Crippen molar-refractivity contribution in [1.29, 1.82) is 5.26 Å². The molecule has 0 aromatic heterocycles. The second-order valence-electron chi connectivity index (χ2n) is 5.61. The number of hydrogen-bond donors (Lipinski definition) is 0. The smallest absolute Gasteiger partial charge is 0.243 e. The summed E-state index contributed by atoms with van der Waals surface area (Å²) in [5.41, 5.74) is 0. The van der Waals surface area contributed by atoms with Crippen molar-refractivity contribution >= 4 is 15.9 Å². The van der Waals surface area contributed by atoms with Crippen LogP contribution in [0.1, 0.15) is 25.7 Å². The second kappa shape index (κ2) is 7.57. The van der Waals surface area contributed by atoms with Crippen molar-refractivity contribution in [2.24, 2.45) is 0 Å². The Bertz CT molecular complexity index is 682. The molecule has 23 heavy (non-hydrogen) atoms. The third-order valence-electron chi connectivity index (χ3n) is 4.02. The predicted octanol–water partition coefficient (Wildman–Crippen LogP) is 1.60. The fourth-order valence-corrected chi connectivity index (χ4v) is 4.42. The number of carbonyl (C=O) groups excluding carboxylic acids is 1. The van der Waals surface area contributed by atoms with Crippen molar-refractivity contribution in [3.8, 4) is 6.07 Å². The highest BCUT2D eigenvalue weighted by Gasteiger charge is 2.38. The van der Waals surface area contributed by atoms with Gasteiger partial charge < -0.3 is 4.90 Å². The summed E-state index contributed by atoms with van der Waals surface area (Å²) in [7, 11) is -2.08.